The number of piperidine rings is 1. The summed E-state index contributed by atoms with van der Waals surface area (Å²) in [6.45, 7) is 3.40. The van der Waals surface area contributed by atoms with Crippen LogP contribution in [0.3, 0.4) is 0 Å². The maximum Gasteiger partial charge on any atom is 0.279 e. The maximum atomic E-state index is 11.3. The van der Waals surface area contributed by atoms with Crippen molar-refractivity contribution >= 4 is 10.2 Å². The summed E-state index contributed by atoms with van der Waals surface area (Å²) < 4.78 is 26.5. The molecule has 1 heterocycles. The number of nitrogens with one attached hydrogen (secondary N) is 1. The topological polar surface area (TPSA) is 49.4 Å². The van der Waals surface area contributed by atoms with Crippen LogP contribution < -0.4 is 4.72 Å². The summed E-state index contributed by atoms with van der Waals surface area (Å²) in [5.74, 6) is 0.488. The molecule has 0 amide bonds. The highest BCUT2D eigenvalue weighted by Crippen LogP contribution is 2.17. The van der Waals surface area contributed by atoms with Crippen LogP contribution in [0.1, 0.15) is 19.8 Å². The van der Waals surface area contributed by atoms with Gasteiger partial charge in [-0.25, -0.2) is 4.72 Å². The van der Waals surface area contributed by atoms with Gasteiger partial charge >= 0.3 is 0 Å². The fourth-order valence-corrected chi connectivity index (χ4v) is 2.57. The molecule has 1 unspecified atom stereocenters. The smallest absolute Gasteiger partial charge is 0.205 e. The first-order valence-electron chi connectivity index (χ1n) is 4.25. The van der Waals surface area contributed by atoms with Crippen LogP contribution in [-0.4, -0.2) is 32.9 Å². The number of nitrogens with zero attached hydrogens (tertiary/aromatic N) is 1. The maximum absolute atomic E-state index is 11.3. The largest absolute Gasteiger partial charge is 0.279 e. The molecule has 1 atom stereocenters. The molecule has 0 aliphatic carbocycles. The van der Waals surface area contributed by atoms with E-state index in [1.54, 1.807) is 0 Å². The van der Waals surface area contributed by atoms with Crippen LogP contribution in [0.15, 0.2) is 0 Å². The lowest BCUT2D eigenvalue weighted by molar-refractivity contribution is 0.279. The van der Waals surface area contributed by atoms with Crippen LogP contribution in [-0.2, 0) is 10.2 Å². The molecule has 0 radical (unpaired) electrons. The summed E-state index contributed by atoms with van der Waals surface area (Å²) in [4.78, 5) is 0. The van der Waals surface area contributed by atoms with Crippen LogP contribution in [0.2, 0.25) is 0 Å². The zero-order chi connectivity index (χ0) is 9.19. The van der Waals surface area contributed by atoms with Gasteiger partial charge < -0.3 is 0 Å². The predicted molar refractivity (Wildman–Crippen MR) is 48.0 cm³/mol. The van der Waals surface area contributed by atoms with E-state index in [0.29, 0.717) is 19.0 Å². The first-order valence-corrected chi connectivity index (χ1v) is 5.69. The quantitative estimate of drug-likeness (QED) is 0.678. The van der Waals surface area contributed by atoms with Crippen molar-refractivity contribution in [2.24, 2.45) is 5.92 Å². The molecule has 0 saturated carbocycles. The minimum absolute atomic E-state index is 0.488. The SMILES string of the molecule is CNS(=O)(=O)N1CCCC(C)C1. The molecule has 72 valence electrons. The zero-order valence-electron chi connectivity index (χ0n) is 7.58. The highest BCUT2D eigenvalue weighted by atomic mass is 32.2. The fraction of sp³-hybridized carbons (Fsp3) is 1.00. The van der Waals surface area contributed by atoms with Crippen LogP contribution in [0.25, 0.3) is 0 Å². The molecule has 0 aromatic carbocycles. The summed E-state index contributed by atoms with van der Waals surface area (Å²) in [6.07, 6.45) is 2.11. The standard InChI is InChI=1S/C7H16N2O2S/c1-7-4-3-5-9(6-7)12(10,11)8-2/h7-8H,3-6H2,1-2H3. The van der Waals surface area contributed by atoms with Gasteiger partial charge in [0.2, 0.25) is 0 Å². The first kappa shape index (κ1) is 9.95. The molecule has 0 bridgehead atoms. The summed E-state index contributed by atoms with van der Waals surface area (Å²) in [5, 5.41) is 0. The van der Waals surface area contributed by atoms with E-state index >= 15 is 0 Å². The Balaban J connectivity index is 2.63. The molecule has 0 aromatic heterocycles. The summed E-state index contributed by atoms with van der Waals surface area (Å²) in [5.41, 5.74) is 0. The lowest BCUT2D eigenvalue weighted by Gasteiger charge is -2.29. The third-order valence-corrected chi connectivity index (χ3v) is 3.75. The van der Waals surface area contributed by atoms with Crippen LogP contribution in [0, 0.1) is 5.92 Å². The van der Waals surface area contributed by atoms with Gasteiger partial charge in [0.05, 0.1) is 0 Å². The Kier molecular flexibility index (Phi) is 3.09. The van der Waals surface area contributed by atoms with Crippen molar-refractivity contribution in [3.05, 3.63) is 0 Å². The highest BCUT2D eigenvalue weighted by molar-refractivity contribution is 7.87. The summed E-state index contributed by atoms with van der Waals surface area (Å²) in [7, 11) is -1.72. The Labute approximate surface area is 74.1 Å². The van der Waals surface area contributed by atoms with Crippen molar-refractivity contribution in [3.63, 3.8) is 0 Å². The van der Waals surface area contributed by atoms with Gasteiger partial charge in [-0.15, -0.1) is 0 Å². The van der Waals surface area contributed by atoms with E-state index in [0.717, 1.165) is 12.8 Å². The Bertz CT molecular complexity index is 238. The van der Waals surface area contributed by atoms with Crippen molar-refractivity contribution in [1.82, 2.24) is 9.03 Å². The van der Waals surface area contributed by atoms with Crippen LogP contribution in [0.5, 0.6) is 0 Å². The highest BCUT2D eigenvalue weighted by Gasteiger charge is 2.25. The van der Waals surface area contributed by atoms with Gasteiger partial charge in [0.1, 0.15) is 0 Å². The van der Waals surface area contributed by atoms with Crippen molar-refractivity contribution in [3.8, 4) is 0 Å². The van der Waals surface area contributed by atoms with E-state index in [1.165, 1.54) is 11.4 Å². The van der Waals surface area contributed by atoms with Crippen LogP contribution in [0.4, 0.5) is 0 Å². The van der Waals surface area contributed by atoms with E-state index < -0.39 is 10.2 Å². The van der Waals surface area contributed by atoms with Crippen molar-refractivity contribution in [2.45, 2.75) is 19.8 Å². The lowest BCUT2D eigenvalue weighted by atomic mass is 10.0. The minimum atomic E-state index is -3.17. The second-order valence-corrected chi connectivity index (χ2v) is 5.19. The van der Waals surface area contributed by atoms with E-state index in [2.05, 4.69) is 11.6 Å². The van der Waals surface area contributed by atoms with Crippen molar-refractivity contribution in [1.29, 1.82) is 0 Å². The Hall–Kier alpha value is -0.130. The Morgan fingerprint density at radius 1 is 1.50 bits per heavy atom. The average molecular weight is 192 g/mol. The van der Waals surface area contributed by atoms with Crippen LogP contribution >= 0.6 is 0 Å². The van der Waals surface area contributed by atoms with Gasteiger partial charge in [-0.05, 0) is 18.8 Å². The van der Waals surface area contributed by atoms with Gasteiger partial charge in [0.25, 0.3) is 10.2 Å². The van der Waals surface area contributed by atoms with E-state index in [1.807, 2.05) is 0 Å². The average Bonchev–Trinajstić information content (AvgIpc) is 2.05. The molecular weight excluding hydrogens is 176 g/mol. The lowest BCUT2D eigenvalue weighted by Crippen LogP contribution is -2.44. The molecule has 12 heavy (non-hydrogen) atoms. The molecule has 1 N–H and O–H groups in total. The fourth-order valence-electron chi connectivity index (χ4n) is 1.49. The molecule has 4 nitrogen and oxygen atoms in total. The van der Waals surface area contributed by atoms with Crippen molar-refractivity contribution < 1.29 is 8.42 Å². The number of rotatable bonds is 2. The molecule has 1 saturated heterocycles. The first-order chi connectivity index (χ1) is 5.56. The van der Waals surface area contributed by atoms with Gasteiger partial charge in [-0.3, -0.25) is 0 Å². The van der Waals surface area contributed by atoms with Crippen molar-refractivity contribution in [2.75, 3.05) is 20.1 Å². The predicted octanol–water partition coefficient (Wildman–Crippen LogP) is 0.182. The third-order valence-electron chi connectivity index (χ3n) is 2.22. The Morgan fingerprint density at radius 3 is 2.67 bits per heavy atom. The van der Waals surface area contributed by atoms with Gasteiger partial charge in [-0.2, -0.15) is 12.7 Å². The molecule has 0 aromatic rings. The summed E-state index contributed by atoms with van der Waals surface area (Å²) in [6, 6.07) is 0. The molecule has 1 rings (SSSR count). The Morgan fingerprint density at radius 2 is 2.17 bits per heavy atom. The second kappa shape index (κ2) is 3.72. The molecule has 5 heteroatoms. The van der Waals surface area contributed by atoms with Gasteiger partial charge in [0, 0.05) is 20.1 Å². The number of hydrogen-bond donors (Lipinski definition) is 1. The van der Waals surface area contributed by atoms with E-state index in [-0.39, 0.29) is 0 Å². The molecule has 1 aliphatic rings. The summed E-state index contributed by atoms with van der Waals surface area (Å²) >= 11 is 0. The minimum Gasteiger partial charge on any atom is -0.205 e. The molecule has 1 aliphatic heterocycles. The van der Waals surface area contributed by atoms with E-state index in [9.17, 15) is 8.42 Å². The second-order valence-electron chi connectivity index (χ2n) is 3.31. The normalized spacial score (nSPS) is 27.3. The molecule has 1 fully saturated rings. The van der Waals surface area contributed by atoms with Gasteiger partial charge in [-0.1, -0.05) is 6.92 Å². The third kappa shape index (κ3) is 2.18. The van der Waals surface area contributed by atoms with Gasteiger partial charge in [0.15, 0.2) is 0 Å². The molecule has 0 spiro atoms. The monoisotopic (exact) mass is 192 g/mol. The number of hydrogen-bond acceptors (Lipinski definition) is 2. The zero-order valence-corrected chi connectivity index (χ0v) is 8.39. The molecular formula is C7H16N2O2S. The van der Waals surface area contributed by atoms with E-state index in [4.69, 9.17) is 0 Å².